The van der Waals surface area contributed by atoms with Crippen molar-refractivity contribution in [2.45, 2.75) is 106 Å². The average molecular weight is 575 g/mol. The molecule has 1 amide bonds. The van der Waals surface area contributed by atoms with Gasteiger partial charge in [0.1, 0.15) is 18.4 Å². The predicted molar refractivity (Wildman–Crippen MR) is 148 cm³/mol. The Kier molecular flexibility index (Phi) is 6.59. The number of halogens is 3. The lowest BCUT2D eigenvalue weighted by Crippen LogP contribution is -2.69. The van der Waals surface area contributed by atoms with E-state index in [9.17, 15) is 32.8 Å². The second-order valence-corrected chi connectivity index (χ2v) is 16.1. The molecule has 8 atom stereocenters. The molecule has 0 aromatic carbocycles. The van der Waals surface area contributed by atoms with E-state index in [-0.39, 0.29) is 45.7 Å². The molecule has 4 fully saturated rings. The number of hydrogen-bond donors (Lipinski definition) is 1. The van der Waals surface area contributed by atoms with Crippen LogP contribution >= 0.6 is 0 Å². The molecule has 0 aromatic rings. The number of nitrogens with zero attached hydrogens (tertiary/aromatic N) is 1. The van der Waals surface area contributed by atoms with Crippen LogP contribution in [0.3, 0.4) is 0 Å². The molecule has 41 heavy (non-hydrogen) atoms. The Labute approximate surface area is 242 Å². The van der Waals surface area contributed by atoms with Crippen molar-refractivity contribution < 1.29 is 27.6 Å². The molecule has 0 aliphatic heterocycles. The van der Waals surface area contributed by atoms with E-state index in [0.717, 1.165) is 19.3 Å². The second kappa shape index (κ2) is 8.92. The zero-order chi connectivity index (χ0) is 30.6. The maximum atomic E-state index is 14.5. The predicted octanol–water partition coefficient (Wildman–Crippen LogP) is 6.96. The van der Waals surface area contributed by atoms with Gasteiger partial charge in [-0.25, -0.2) is 0 Å². The summed E-state index contributed by atoms with van der Waals surface area (Å²) >= 11 is 0. The minimum absolute atomic E-state index is 0.00457. The lowest BCUT2D eigenvalue weighted by molar-refractivity contribution is -0.222. The van der Waals surface area contributed by atoms with Gasteiger partial charge in [0.15, 0.2) is 5.78 Å². The highest BCUT2D eigenvalue weighted by atomic mass is 19.4. The zero-order valence-corrected chi connectivity index (χ0v) is 25.6. The number of alkyl halides is 3. The number of fused-ring (bicyclic) bond motifs is 7. The first kappa shape index (κ1) is 30.3. The van der Waals surface area contributed by atoms with E-state index < -0.39 is 46.2 Å². The molecule has 0 saturated heterocycles. The summed E-state index contributed by atoms with van der Waals surface area (Å²) in [7, 11) is 0. The van der Waals surface area contributed by atoms with Crippen LogP contribution in [-0.4, -0.2) is 30.2 Å². The van der Waals surface area contributed by atoms with Gasteiger partial charge in [-0.2, -0.15) is 18.4 Å². The number of allylic oxidation sites excluding steroid dienone is 2. The van der Waals surface area contributed by atoms with Gasteiger partial charge in [-0.1, -0.05) is 54.5 Å². The molecule has 0 heterocycles. The summed E-state index contributed by atoms with van der Waals surface area (Å²) in [6.45, 7) is 13.4. The minimum atomic E-state index is -4.50. The highest BCUT2D eigenvalue weighted by Gasteiger charge is 2.73. The van der Waals surface area contributed by atoms with E-state index in [0.29, 0.717) is 32.1 Å². The highest BCUT2D eigenvalue weighted by molar-refractivity contribution is 6.04. The Balaban J connectivity index is 1.59. The van der Waals surface area contributed by atoms with Gasteiger partial charge in [0.2, 0.25) is 5.91 Å². The average Bonchev–Trinajstić information content (AvgIpc) is 2.85. The quantitative estimate of drug-likeness (QED) is 0.386. The third kappa shape index (κ3) is 4.10. The van der Waals surface area contributed by atoms with E-state index in [2.05, 4.69) is 46.0 Å². The number of carbonyl (C=O) groups excluding carboxylic acids is 3. The van der Waals surface area contributed by atoms with Crippen LogP contribution in [0.4, 0.5) is 13.2 Å². The summed E-state index contributed by atoms with van der Waals surface area (Å²) in [5.41, 5.74) is -2.95. The summed E-state index contributed by atoms with van der Waals surface area (Å²) in [6, 6.07) is 2.14. The number of carbonyl (C=O) groups is 3. The Bertz CT molecular complexity index is 1260. The lowest BCUT2D eigenvalue weighted by atomic mass is 9.31. The highest BCUT2D eigenvalue weighted by Crippen LogP contribution is 2.75. The lowest BCUT2D eigenvalue weighted by Gasteiger charge is -2.71. The van der Waals surface area contributed by atoms with Gasteiger partial charge in [0, 0.05) is 17.8 Å². The monoisotopic (exact) mass is 574 g/mol. The van der Waals surface area contributed by atoms with E-state index in [4.69, 9.17) is 0 Å². The van der Waals surface area contributed by atoms with Crippen LogP contribution in [0.2, 0.25) is 0 Å². The van der Waals surface area contributed by atoms with Crippen LogP contribution in [0.5, 0.6) is 0 Å². The molecular formula is C33H45F3N2O3. The maximum Gasteiger partial charge on any atom is 0.405 e. The molecule has 4 unspecified atom stereocenters. The SMILES string of the molecule is CC1(C)CC[C@]2(C(=O)NCC(F)(F)F)CC[C@]3(C)C(C(=O)CC4[C@@]5(C)C=C(C#N)C(=O)C(C)(C)C5CC[C@]43C)C2C1. The molecule has 0 spiro atoms. The van der Waals surface area contributed by atoms with Crippen molar-refractivity contribution in [3.05, 3.63) is 11.6 Å². The summed E-state index contributed by atoms with van der Waals surface area (Å²) in [5, 5.41) is 12.1. The molecule has 1 N–H and O–H groups in total. The van der Waals surface area contributed by atoms with Crippen molar-refractivity contribution in [3.63, 3.8) is 0 Å². The van der Waals surface area contributed by atoms with Gasteiger partial charge in [0.05, 0.1) is 11.0 Å². The van der Waals surface area contributed by atoms with Crippen LogP contribution in [0.15, 0.2) is 11.6 Å². The van der Waals surface area contributed by atoms with Gasteiger partial charge >= 0.3 is 6.18 Å². The molecule has 5 rings (SSSR count). The fourth-order valence-corrected chi connectivity index (χ4v) is 11.1. The van der Waals surface area contributed by atoms with Crippen LogP contribution < -0.4 is 5.32 Å². The third-order valence-corrected chi connectivity index (χ3v) is 13.4. The fraction of sp³-hybridized carbons (Fsp3) is 0.818. The van der Waals surface area contributed by atoms with Crippen molar-refractivity contribution in [1.29, 1.82) is 5.26 Å². The molecule has 5 aliphatic carbocycles. The van der Waals surface area contributed by atoms with Gasteiger partial charge in [-0.15, -0.1) is 0 Å². The second-order valence-electron chi connectivity index (χ2n) is 16.1. The fourth-order valence-electron chi connectivity index (χ4n) is 11.1. The van der Waals surface area contributed by atoms with Crippen molar-refractivity contribution >= 4 is 17.5 Å². The van der Waals surface area contributed by atoms with Gasteiger partial charge in [0.25, 0.3) is 0 Å². The minimum Gasteiger partial charge on any atom is -0.346 e. The first-order valence-corrected chi connectivity index (χ1v) is 15.2. The normalized spacial score (nSPS) is 44.8. The van der Waals surface area contributed by atoms with E-state index >= 15 is 0 Å². The van der Waals surface area contributed by atoms with Gasteiger partial charge < -0.3 is 5.32 Å². The van der Waals surface area contributed by atoms with Crippen molar-refractivity contribution in [2.75, 3.05) is 6.54 Å². The molecule has 226 valence electrons. The number of amides is 1. The molecule has 5 aliphatic rings. The van der Waals surface area contributed by atoms with Crippen LogP contribution in [0.25, 0.3) is 0 Å². The zero-order valence-electron chi connectivity index (χ0n) is 25.6. The van der Waals surface area contributed by atoms with Crippen LogP contribution in [0, 0.1) is 67.5 Å². The maximum absolute atomic E-state index is 14.5. The third-order valence-electron chi connectivity index (χ3n) is 13.4. The van der Waals surface area contributed by atoms with E-state index in [1.807, 2.05) is 19.9 Å². The summed E-state index contributed by atoms with van der Waals surface area (Å²) in [5.74, 6) is -1.43. The first-order chi connectivity index (χ1) is 18.7. The molecule has 0 radical (unpaired) electrons. The molecule has 4 saturated carbocycles. The van der Waals surface area contributed by atoms with Crippen molar-refractivity contribution in [3.8, 4) is 6.07 Å². The molecule has 8 heteroatoms. The van der Waals surface area contributed by atoms with Gasteiger partial charge in [-0.05, 0) is 84.4 Å². The molecule has 0 aromatic heterocycles. The standard InChI is InChI=1S/C33H45F3N2O3/c1-27(2)10-12-32(26(41)38-18-33(34,35)36)13-11-31(7)24(20(32)16-27)21(39)14-23-29(5)15-19(17-37)25(40)28(3,4)22(29)8-9-30(23,31)6/h15,20,22-24H,8-14,16,18H2,1-7H3,(H,38,41)/t20?,22?,23?,24?,29-,30+,31+,32-/m0/s1. The Morgan fingerprint density at radius 1 is 0.976 bits per heavy atom. The number of hydrogen-bond acceptors (Lipinski definition) is 4. The number of nitrogens with one attached hydrogen (secondary N) is 1. The first-order valence-electron chi connectivity index (χ1n) is 15.2. The van der Waals surface area contributed by atoms with E-state index in [1.54, 1.807) is 0 Å². The Morgan fingerprint density at radius 2 is 1.61 bits per heavy atom. The summed E-state index contributed by atoms with van der Waals surface area (Å²) in [6.07, 6.45) is 2.16. The summed E-state index contributed by atoms with van der Waals surface area (Å²) < 4.78 is 39.4. The smallest absolute Gasteiger partial charge is 0.346 e. The number of nitriles is 1. The van der Waals surface area contributed by atoms with Gasteiger partial charge in [-0.3, -0.25) is 14.4 Å². The molecule has 5 nitrogen and oxygen atoms in total. The number of ketones is 2. The largest absolute Gasteiger partial charge is 0.405 e. The van der Waals surface area contributed by atoms with Crippen LogP contribution in [0.1, 0.15) is 99.8 Å². The number of Topliss-reactive ketones (excluding diaryl/α,β-unsaturated/α-hetero) is 2. The number of rotatable bonds is 2. The van der Waals surface area contributed by atoms with E-state index in [1.165, 1.54) is 0 Å². The van der Waals surface area contributed by atoms with Crippen LogP contribution in [-0.2, 0) is 14.4 Å². The molecule has 0 bridgehead atoms. The topological polar surface area (TPSA) is 87.0 Å². The van der Waals surface area contributed by atoms with Crippen molar-refractivity contribution in [2.24, 2.45) is 56.2 Å². The Hall–Kier alpha value is -2.17. The molecular weight excluding hydrogens is 529 g/mol. The van der Waals surface area contributed by atoms with Crippen molar-refractivity contribution in [1.82, 2.24) is 5.32 Å². The summed E-state index contributed by atoms with van der Waals surface area (Å²) in [4.78, 5) is 41.4. The Morgan fingerprint density at radius 3 is 2.22 bits per heavy atom.